The molecule has 0 aromatic heterocycles. The minimum absolute atomic E-state index is 1.06. The van der Waals surface area contributed by atoms with Gasteiger partial charge in [0.25, 0.3) is 0 Å². The van der Waals surface area contributed by atoms with Crippen molar-refractivity contribution in [2.75, 3.05) is 4.90 Å². The molecule has 0 aliphatic heterocycles. The highest BCUT2D eigenvalue weighted by atomic mass is 79.9. The Morgan fingerprint density at radius 3 is 1.81 bits per heavy atom. The summed E-state index contributed by atoms with van der Waals surface area (Å²) in [6, 6.07) is 27.2. The molecule has 128 valence electrons. The van der Waals surface area contributed by atoms with Crippen LogP contribution in [0, 0.1) is 0 Å². The van der Waals surface area contributed by atoms with Gasteiger partial charge >= 0.3 is 0 Å². The van der Waals surface area contributed by atoms with Gasteiger partial charge < -0.3 is 4.90 Å². The smallest absolute Gasteiger partial charge is 0.0462 e. The van der Waals surface area contributed by atoms with E-state index in [9.17, 15) is 0 Å². The van der Waals surface area contributed by atoms with Crippen LogP contribution in [-0.2, 0) is 0 Å². The molecule has 1 nitrogen and oxygen atoms in total. The molecule has 0 spiro atoms. The lowest BCUT2D eigenvalue weighted by Gasteiger charge is -2.25. The Bertz CT molecular complexity index is 907. The molecule has 0 aliphatic carbocycles. The van der Waals surface area contributed by atoms with Crippen LogP contribution in [0.2, 0.25) is 0 Å². The molecule has 0 amide bonds. The number of anilines is 3. The van der Waals surface area contributed by atoms with Gasteiger partial charge in [-0.3, -0.25) is 0 Å². The van der Waals surface area contributed by atoms with Crippen molar-refractivity contribution in [2.24, 2.45) is 0 Å². The Morgan fingerprint density at radius 1 is 0.731 bits per heavy atom. The number of hydrogen-bond acceptors (Lipinski definition) is 1. The second-order valence-electron chi connectivity index (χ2n) is 5.76. The lowest BCUT2D eigenvalue weighted by Crippen LogP contribution is -2.09. The predicted octanol–water partition coefficient (Wildman–Crippen LogP) is 7.67. The van der Waals surface area contributed by atoms with E-state index >= 15 is 0 Å². The molecule has 0 unspecified atom stereocenters. The Kier molecular flexibility index (Phi) is 5.88. The maximum atomic E-state index is 3.89. The highest BCUT2D eigenvalue weighted by Crippen LogP contribution is 2.35. The first-order chi connectivity index (χ1) is 12.7. The zero-order valence-electron chi connectivity index (χ0n) is 14.5. The fraction of sp³-hybridized carbons (Fsp3) is 0. The van der Waals surface area contributed by atoms with Gasteiger partial charge in [0.2, 0.25) is 0 Å². The lowest BCUT2D eigenvalue weighted by atomic mass is 10.0. The van der Waals surface area contributed by atoms with Crippen molar-refractivity contribution in [3.8, 4) is 0 Å². The molecule has 0 fully saturated rings. The first-order valence-electron chi connectivity index (χ1n) is 8.39. The summed E-state index contributed by atoms with van der Waals surface area (Å²) in [5.41, 5.74) is 5.50. The van der Waals surface area contributed by atoms with Crippen molar-refractivity contribution >= 4 is 38.6 Å². The van der Waals surface area contributed by atoms with E-state index in [0.29, 0.717) is 0 Å². The summed E-state index contributed by atoms with van der Waals surface area (Å²) in [5, 5.41) is 0. The Morgan fingerprint density at radius 2 is 1.27 bits per heavy atom. The molecule has 26 heavy (non-hydrogen) atoms. The van der Waals surface area contributed by atoms with Gasteiger partial charge in [0.1, 0.15) is 0 Å². The van der Waals surface area contributed by atoms with E-state index in [4.69, 9.17) is 0 Å². The topological polar surface area (TPSA) is 3.24 Å². The van der Waals surface area contributed by atoms with E-state index in [1.54, 1.807) is 6.08 Å². The van der Waals surface area contributed by atoms with Crippen molar-refractivity contribution in [2.45, 2.75) is 0 Å². The molecular weight excluding hydrogens is 382 g/mol. The molecule has 0 atom stereocenters. The van der Waals surface area contributed by atoms with E-state index in [1.165, 1.54) is 0 Å². The molecule has 3 aromatic rings. The lowest BCUT2D eigenvalue weighted by molar-refractivity contribution is 1.28. The minimum atomic E-state index is 1.06. The average Bonchev–Trinajstić information content (AvgIpc) is 2.69. The standard InChI is InChI=1S/C24H20BrN/c1-3-8-19(4-2)20-11-15-23(16-12-20)26(22-9-6-5-7-10-22)24-17-13-21(25)14-18-24/h3-18H,1-2H2/b19-8+. The quantitative estimate of drug-likeness (QED) is 0.382. The fourth-order valence-electron chi connectivity index (χ4n) is 2.83. The van der Waals surface area contributed by atoms with Gasteiger partial charge in [0.15, 0.2) is 0 Å². The summed E-state index contributed by atoms with van der Waals surface area (Å²) in [6.45, 7) is 7.66. The third-order valence-electron chi connectivity index (χ3n) is 4.08. The Labute approximate surface area is 163 Å². The van der Waals surface area contributed by atoms with Crippen molar-refractivity contribution in [1.29, 1.82) is 0 Å². The van der Waals surface area contributed by atoms with E-state index in [2.05, 4.69) is 107 Å². The largest absolute Gasteiger partial charge is 0.311 e. The zero-order chi connectivity index (χ0) is 18.4. The molecule has 3 aromatic carbocycles. The summed E-state index contributed by atoms with van der Waals surface area (Å²) in [4.78, 5) is 2.24. The third-order valence-corrected chi connectivity index (χ3v) is 4.60. The first-order valence-corrected chi connectivity index (χ1v) is 9.18. The summed E-state index contributed by atoms with van der Waals surface area (Å²) in [6.07, 6.45) is 5.59. The first kappa shape index (κ1) is 18.0. The number of benzene rings is 3. The number of rotatable bonds is 6. The Hall–Kier alpha value is -2.84. The number of allylic oxidation sites excluding steroid dienone is 4. The maximum absolute atomic E-state index is 3.89. The second-order valence-corrected chi connectivity index (χ2v) is 6.67. The van der Waals surface area contributed by atoms with Gasteiger partial charge in [-0.1, -0.05) is 77.6 Å². The molecule has 0 radical (unpaired) electrons. The van der Waals surface area contributed by atoms with Gasteiger partial charge in [-0.05, 0) is 59.7 Å². The van der Waals surface area contributed by atoms with Crippen molar-refractivity contribution in [3.63, 3.8) is 0 Å². The number of halogens is 1. The summed E-state index contributed by atoms with van der Waals surface area (Å²) < 4.78 is 1.06. The normalized spacial score (nSPS) is 11.0. The molecule has 2 heteroatoms. The van der Waals surface area contributed by atoms with Gasteiger partial charge in [-0.2, -0.15) is 0 Å². The van der Waals surface area contributed by atoms with Crippen LogP contribution in [0.25, 0.3) is 5.57 Å². The molecule has 0 N–H and O–H groups in total. The van der Waals surface area contributed by atoms with Gasteiger partial charge in [0, 0.05) is 21.5 Å². The Balaban J connectivity index is 2.05. The monoisotopic (exact) mass is 401 g/mol. The highest BCUT2D eigenvalue weighted by molar-refractivity contribution is 9.10. The van der Waals surface area contributed by atoms with Gasteiger partial charge in [-0.25, -0.2) is 0 Å². The van der Waals surface area contributed by atoms with E-state index in [0.717, 1.165) is 32.7 Å². The number of hydrogen-bond donors (Lipinski definition) is 0. The van der Waals surface area contributed by atoms with Crippen LogP contribution in [0.4, 0.5) is 17.1 Å². The number of nitrogens with zero attached hydrogens (tertiary/aromatic N) is 1. The van der Waals surface area contributed by atoms with Crippen LogP contribution in [-0.4, -0.2) is 0 Å². The molecular formula is C24H20BrN. The maximum Gasteiger partial charge on any atom is 0.0462 e. The average molecular weight is 402 g/mol. The third kappa shape index (κ3) is 4.04. The molecule has 0 saturated carbocycles. The minimum Gasteiger partial charge on any atom is -0.311 e. The molecule has 3 rings (SSSR count). The molecule has 0 bridgehead atoms. The second kappa shape index (κ2) is 8.50. The van der Waals surface area contributed by atoms with Crippen molar-refractivity contribution in [3.05, 3.63) is 120 Å². The fourth-order valence-corrected chi connectivity index (χ4v) is 3.09. The molecule has 0 saturated heterocycles. The van der Waals surface area contributed by atoms with Crippen LogP contribution in [0.1, 0.15) is 5.56 Å². The van der Waals surface area contributed by atoms with E-state index in [1.807, 2.05) is 18.2 Å². The summed E-state index contributed by atoms with van der Waals surface area (Å²) >= 11 is 3.51. The predicted molar refractivity (Wildman–Crippen MR) is 117 cm³/mol. The van der Waals surface area contributed by atoms with Crippen LogP contribution in [0.3, 0.4) is 0 Å². The van der Waals surface area contributed by atoms with Crippen LogP contribution in [0.5, 0.6) is 0 Å². The number of para-hydroxylation sites is 1. The zero-order valence-corrected chi connectivity index (χ0v) is 16.1. The summed E-state index contributed by atoms with van der Waals surface area (Å²) in [5.74, 6) is 0. The summed E-state index contributed by atoms with van der Waals surface area (Å²) in [7, 11) is 0. The van der Waals surface area contributed by atoms with Gasteiger partial charge in [0.05, 0.1) is 0 Å². The molecule has 0 aliphatic rings. The van der Waals surface area contributed by atoms with Crippen molar-refractivity contribution in [1.82, 2.24) is 0 Å². The van der Waals surface area contributed by atoms with Crippen LogP contribution in [0.15, 0.2) is 115 Å². The van der Waals surface area contributed by atoms with E-state index in [-0.39, 0.29) is 0 Å². The van der Waals surface area contributed by atoms with Crippen molar-refractivity contribution < 1.29 is 0 Å². The highest BCUT2D eigenvalue weighted by Gasteiger charge is 2.12. The van der Waals surface area contributed by atoms with Crippen LogP contribution < -0.4 is 4.90 Å². The van der Waals surface area contributed by atoms with Crippen LogP contribution >= 0.6 is 15.9 Å². The molecule has 0 heterocycles. The van der Waals surface area contributed by atoms with Gasteiger partial charge in [-0.15, -0.1) is 0 Å². The van der Waals surface area contributed by atoms with E-state index < -0.39 is 0 Å². The SMILES string of the molecule is C=C/C=C(\C=C)c1ccc(N(c2ccccc2)c2ccc(Br)cc2)cc1.